The van der Waals surface area contributed by atoms with Crippen molar-refractivity contribution in [1.29, 1.82) is 0 Å². The van der Waals surface area contributed by atoms with Crippen LogP contribution in [-0.2, 0) is 11.3 Å². The summed E-state index contributed by atoms with van der Waals surface area (Å²) in [6.07, 6.45) is 2.66. The molecular formula is C13H10Br2FN3O3. The van der Waals surface area contributed by atoms with Crippen molar-refractivity contribution in [3.05, 3.63) is 44.9 Å². The largest absolute Gasteiger partial charge is 0.478 e. The van der Waals surface area contributed by atoms with Crippen LogP contribution in [0.5, 0.6) is 0 Å². The normalized spacial score (nSPS) is 10.5. The molecule has 0 radical (unpaired) electrons. The number of aromatic carboxylic acids is 1. The van der Waals surface area contributed by atoms with Gasteiger partial charge in [0.1, 0.15) is 5.82 Å². The molecule has 22 heavy (non-hydrogen) atoms. The number of hydrogen-bond donors (Lipinski definition) is 2. The summed E-state index contributed by atoms with van der Waals surface area (Å²) in [5.74, 6) is -1.82. The van der Waals surface area contributed by atoms with Crippen LogP contribution in [0.1, 0.15) is 16.8 Å². The number of carbonyl (C=O) groups excluding carboxylic acids is 1. The summed E-state index contributed by atoms with van der Waals surface area (Å²) < 4.78 is 15.4. The molecule has 0 atom stereocenters. The number of rotatable bonds is 5. The SMILES string of the molecule is O=C(CCn1cc(C(=O)O)cn1)Nc1c(Br)cc(F)cc1Br. The molecule has 116 valence electrons. The van der Waals surface area contributed by atoms with E-state index >= 15 is 0 Å². The number of benzene rings is 1. The van der Waals surface area contributed by atoms with Crippen molar-refractivity contribution in [1.82, 2.24) is 9.78 Å². The van der Waals surface area contributed by atoms with E-state index in [1.165, 1.54) is 29.2 Å². The summed E-state index contributed by atoms with van der Waals surface area (Å²) in [6.45, 7) is 0.232. The fourth-order valence-corrected chi connectivity index (χ4v) is 3.00. The molecule has 0 bridgehead atoms. The van der Waals surface area contributed by atoms with Crippen molar-refractivity contribution in [3.8, 4) is 0 Å². The first-order valence-corrected chi connectivity index (χ1v) is 7.65. The van der Waals surface area contributed by atoms with Gasteiger partial charge in [-0.25, -0.2) is 9.18 Å². The number of nitrogens with one attached hydrogen (secondary N) is 1. The van der Waals surface area contributed by atoms with Gasteiger partial charge >= 0.3 is 5.97 Å². The summed E-state index contributed by atoms with van der Waals surface area (Å²) in [5.41, 5.74) is 0.488. The molecule has 1 amide bonds. The Morgan fingerprint density at radius 3 is 2.50 bits per heavy atom. The Balaban J connectivity index is 1.97. The van der Waals surface area contributed by atoms with Gasteiger partial charge in [0.2, 0.25) is 5.91 Å². The Morgan fingerprint density at radius 2 is 1.95 bits per heavy atom. The minimum Gasteiger partial charge on any atom is -0.478 e. The number of nitrogens with zero attached hydrogens (tertiary/aromatic N) is 2. The van der Waals surface area contributed by atoms with Crippen molar-refractivity contribution in [2.45, 2.75) is 13.0 Å². The third kappa shape index (κ3) is 4.14. The summed E-state index contributed by atoms with van der Waals surface area (Å²) in [7, 11) is 0. The zero-order valence-electron chi connectivity index (χ0n) is 11.0. The summed E-state index contributed by atoms with van der Waals surface area (Å²) in [6, 6.07) is 2.49. The Kier molecular flexibility index (Phi) is 5.30. The third-order valence-corrected chi connectivity index (χ3v) is 3.97. The van der Waals surface area contributed by atoms with Crippen LogP contribution < -0.4 is 5.32 Å². The maximum absolute atomic E-state index is 13.2. The topological polar surface area (TPSA) is 84.2 Å². The Labute approximate surface area is 141 Å². The molecule has 0 unspecified atom stereocenters. The zero-order valence-corrected chi connectivity index (χ0v) is 14.2. The highest BCUT2D eigenvalue weighted by atomic mass is 79.9. The first kappa shape index (κ1) is 16.6. The number of amides is 1. The lowest BCUT2D eigenvalue weighted by atomic mass is 10.3. The van der Waals surface area contributed by atoms with E-state index in [2.05, 4.69) is 42.3 Å². The average Bonchev–Trinajstić information content (AvgIpc) is 2.89. The van der Waals surface area contributed by atoms with E-state index in [-0.39, 0.29) is 24.4 Å². The molecule has 1 heterocycles. The number of halogens is 3. The van der Waals surface area contributed by atoms with Crippen molar-refractivity contribution < 1.29 is 19.1 Å². The third-order valence-electron chi connectivity index (χ3n) is 2.72. The molecule has 2 N–H and O–H groups in total. The highest BCUT2D eigenvalue weighted by Crippen LogP contribution is 2.32. The molecule has 2 aromatic rings. The maximum Gasteiger partial charge on any atom is 0.338 e. The minimum atomic E-state index is -1.07. The van der Waals surface area contributed by atoms with Gasteiger partial charge in [-0.3, -0.25) is 9.48 Å². The van der Waals surface area contributed by atoms with Crippen molar-refractivity contribution >= 4 is 49.4 Å². The Morgan fingerprint density at radius 1 is 1.32 bits per heavy atom. The fraction of sp³-hybridized carbons (Fsp3) is 0.154. The molecule has 0 spiro atoms. The molecule has 2 rings (SSSR count). The molecule has 0 aliphatic rings. The van der Waals surface area contributed by atoms with Crippen LogP contribution in [0.3, 0.4) is 0 Å². The van der Waals surface area contributed by atoms with E-state index in [1.807, 2.05) is 0 Å². The predicted octanol–water partition coefficient (Wildman–Crippen LogP) is 3.27. The van der Waals surface area contributed by atoms with E-state index in [9.17, 15) is 14.0 Å². The van der Waals surface area contributed by atoms with Gasteiger partial charge in [-0.15, -0.1) is 0 Å². The second-order valence-corrected chi connectivity index (χ2v) is 6.05. The smallest absolute Gasteiger partial charge is 0.338 e. The van der Waals surface area contributed by atoms with E-state index < -0.39 is 11.8 Å². The van der Waals surface area contributed by atoms with Gasteiger partial charge in [0, 0.05) is 28.1 Å². The van der Waals surface area contributed by atoms with Crippen LogP contribution in [0, 0.1) is 5.82 Å². The minimum absolute atomic E-state index is 0.0597. The molecule has 0 aliphatic heterocycles. The molecule has 0 saturated heterocycles. The number of carboxylic acid groups (broad SMARTS) is 1. The predicted molar refractivity (Wildman–Crippen MR) is 84.2 cm³/mol. The second-order valence-electron chi connectivity index (χ2n) is 4.34. The summed E-state index contributed by atoms with van der Waals surface area (Å²) >= 11 is 6.35. The number of hydrogen-bond acceptors (Lipinski definition) is 3. The summed E-state index contributed by atoms with van der Waals surface area (Å²) in [4.78, 5) is 22.6. The van der Waals surface area contributed by atoms with E-state index in [0.29, 0.717) is 14.6 Å². The molecular weight excluding hydrogens is 425 g/mol. The fourth-order valence-electron chi connectivity index (χ4n) is 1.68. The molecule has 0 aliphatic carbocycles. The van der Waals surface area contributed by atoms with Crippen LogP contribution in [0.25, 0.3) is 0 Å². The number of carbonyl (C=O) groups is 2. The number of aryl methyl sites for hydroxylation is 1. The van der Waals surface area contributed by atoms with Crippen LogP contribution >= 0.6 is 31.9 Å². The van der Waals surface area contributed by atoms with Crippen molar-refractivity contribution in [2.75, 3.05) is 5.32 Å². The van der Waals surface area contributed by atoms with Gasteiger partial charge in [0.05, 0.1) is 17.4 Å². The van der Waals surface area contributed by atoms with Crippen molar-refractivity contribution in [3.63, 3.8) is 0 Å². The van der Waals surface area contributed by atoms with E-state index in [1.54, 1.807) is 0 Å². The van der Waals surface area contributed by atoms with Gasteiger partial charge in [-0.2, -0.15) is 5.10 Å². The standard InChI is InChI=1S/C13H10Br2FN3O3/c14-9-3-8(16)4-10(15)12(9)18-11(20)1-2-19-6-7(5-17-19)13(21)22/h3-6H,1-2H2,(H,18,20)(H,21,22). The van der Waals surface area contributed by atoms with Crippen LogP contribution in [-0.4, -0.2) is 26.8 Å². The molecule has 6 nitrogen and oxygen atoms in total. The van der Waals surface area contributed by atoms with E-state index in [4.69, 9.17) is 5.11 Å². The molecule has 9 heteroatoms. The number of anilines is 1. The highest BCUT2D eigenvalue weighted by Gasteiger charge is 2.12. The lowest BCUT2D eigenvalue weighted by Gasteiger charge is -2.10. The lowest BCUT2D eigenvalue weighted by Crippen LogP contribution is -2.15. The molecule has 0 saturated carbocycles. The lowest BCUT2D eigenvalue weighted by molar-refractivity contribution is -0.116. The zero-order chi connectivity index (χ0) is 16.3. The second kappa shape index (κ2) is 7.01. The van der Waals surface area contributed by atoms with Gasteiger partial charge in [0.25, 0.3) is 0 Å². The quantitative estimate of drug-likeness (QED) is 0.756. The van der Waals surface area contributed by atoms with Gasteiger partial charge < -0.3 is 10.4 Å². The van der Waals surface area contributed by atoms with Gasteiger partial charge in [0.15, 0.2) is 0 Å². The van der Waals surface area contributed by atoms with Gasteiger partial charge in [-0.05, 0) is 44.0 Å². The number of aromatic nitrogens is 2. The van der Waals surface area contributed by atoms with E-state index in [0.717, 1.165) is 0 Å². The Hall–Kier alpha value is -1.74. The first-order chi connectivity index (χ1) is 10.4. The van der Waals surface area contributed by atoms with Crippen LogP contribution in [0.4, 0.5) is 10.1 Å². The monoisotopic (exact) mass is 433 g/mol. The van der Waals surface area contributed by atoms with Crippen LogP contribution in [0.15, 0.2) is 33.5 Å². The first-order valence-electron chi connectivity index (χ1n) is 6.07. The van der Waals surface area contributed by atoms with Crippen molar-refractivity contribution in [2.24, 2.45) is 0 Å². The molecule has 1 aromatic heterocycles. The highest BCUT2D eigenvalue weighted by molar-refractivity contribution is 9.11. The molecule has 0 fully saturated rings. The maximum atomic E-state index is 13.2. The van der Waals surface area contributed by atoms with Gasteiger partial charge in [-0.1, -0.05) is 0 Å². The number of carboxylic acids is 1. The molecule has 1 aromatic carbocycles. The Bertz CT molecular complexity index is 710. The summed E-state index contributed by atoms with van der Waals surface area (Å²) in [5, 5.41) is 15.3. The van der Waals surface area contributed by atoms with Crippen LogP contribution in [0.2, 0.25) is 0 Å². The average molecular weight is 435 g/mol.